The Morgan fingerprint density at radius 2 is 1.74 bits per heavy atom. The summed E-state index contributed by atoms with van der Waals surface area (Å²) in [4.78, 5) is 38.4. The van der Waals surface area contributed by atoms with Crippen LogP contribution in [0.4, 0.5) is 4.39 Å². The summed E-state index contributed by atoms with van der Waals surface area (Å²) in [6, 6.07) is 5.14. The highest BCUT2D eigenvalue weighted by molar-refractivity contribution is 5.83. The number of likely N-dealkylation sites (tertiary alicyclic amines) is 1. The largest absolute Gasteiger partial charge is 0.469 e. The summed E-state index contributed by atoms with van der Waals surface area (Å²) in [5, 5.41) is 2.90. The number of hydrogen-bond acceptors (Lipinski definition) is 4. The Balaban J connectivity index is 1.59. The molecule has 0 spiro atoms. The Bertz CT molecular complexity index is 694. The maximum Gasteiger partial charge on any atom is 0.307 e. The van der Waals surface area contributed by atoms with Gasteiger partial charge in [-0.1, -0.05) is 12.1 Å². The fraction of sp³-hybridized carbons (Fsp3) is 0.550. The standard InChI is InChI=1S/C20H25FN2O4/c1-27-18(24)12-17(13-4-6-16(21)7-5-13)22-19(25)14-8-10-23(11-9-14)20(26)15-2-3-15/h4-7,14-15,17H,2-3,8-12H2,1H3,(H,22,25). The van der Waals surface area contributed by atoms with Crippen LogP contribution in [0.2, 0.25) is 0 Å². The van der Waals surface area contributed by atoms with Crippen molar-refractivity contribution in [2.45, 2.75) is 38.1 Å². The number of carbonyl (C=O) groups is 3. The van der Waals surface area contributed by atoms with Crippen LogP contribution in [-0.2, 0) is 19.1 Å². The maximum atomic E-state index is 13.2. The number of amides is 2. The average Bonchev–Trinajstić information content (AvgIpc) is 3.52. The Hall–Kier alpha value is -2.44. The van der Waals surface area contributed by atoms with Crippen LogP contribution in [0.1, 0.15) is 43.7 Å². The van der Waals surface area contributed by atoms with Gasteiger partial charge in [-0.15, -0.1) is 0 Å². The summed E-state index contributed by atoms with van der Waals surface area (Å²) < 4.78 is 17.9. The molecule has 1 heterocycles. The van der Waals surface area contributed by atoms with E-state index in [4.69, 9.17) is 4.74 Å². The summed E-state index contributed by atoms with van der Waals surface area (Å²) in [7, 11) is 1.29. The molecule has 3 rings (SSSR count). The predicted octanol–water partition coefficient (Wildman–Crippen LogP) is 2.19. The van der Waals surface area contributed by atoms with E-state index in [2.05, 4.69) is 5.32 Å². The third-order valence-corrected chi connectivity index (χ3v) is 5.29. The fourth-order valence-electron chi connectivity index (χ4n) is 3.44. The molecule has 6 nitrogen and oxygen atoms in total. The lowest BCUT2D eigenvalue weighted by molar-refractivity contribution is -0.142. The molecule has 1 atom stereocenters. The predicted molar refractivity (Wildman–Crippen MR) is 95.9 cm³/mol. The highest BCUT2D eigenvalue weighted by Gasteiger charge is 2.36. The van der Waals surface area contributed by atoms with Crippen molar-refractivity contribution in [2.75, 3.05) is 20.2 Å². The molecule has 1 aliphatic heterocycles. The van der Waals surface area contributed by atoms with Gasteiger partial charge in [-0.3, -0.25) is 14.4 Å². The molecule has 1 saturated heterocycles. The first-order valence-electron chi connectivity index (χ1n) is 9.39. The highest BCUT2D eigenvalue weighted by atomic mass is 19.1. The number of benzene rings is 1. The van der Waals surface area contributed by atoms with Gasteiger partial charge in [0.2, 0.25) is 11.8 Å². The molecule has 1 N–H and O–H groups in total. The lowest BCUT2D eigenvalue weighted by atomic mass is 9.94. The van der Waals surface area contributed by atoms with Crippen molar-refractivity contribution < 1.29 is 23.5 Å². The van der Waals surface area contributed by atoms with Crippen LogP contribution in [-0.4, -0.2) is 42.9 Å². The van der Waals surface area contributed by atoms with Crippen LogP contribution < -0.4 is 5.32 Å². The number of nitrogens with one attached hydrogen (secondary N) is 1. The summed E-state index contributed by atoms with van der Waals surface area (Å²) >= 11 is 0. The lowest BCUT2D eigenvalue weighted by Gasteiger charge is -2.32. The number of esters is 1. The van der Waals surface area contributed by atoms with Crippen molar-refractivity contribution >= 4 is 17.8 Å². The van der Waals surface area contributed by atoms with Gasteiger partial charge in [0.15, 0.2) is 0 Å². The van der Waals surface area contributed by atoms with Crippen molar-refractivity contribution in [1.29, 1.82) is 0 Å². The topological polar surface area (TPSA) is 75.7 Å². The van der Waals surface area contributed by atoms with Gasteiger partial charge in [-0.2, -0.15) is 0 Å². The Morgan fingerprint density at radius 3 is 2.30 bits per heavy atom. The van der Waals surface area contributed by atoms with Crippen LogP contribution in [0.3, 0.4) is 0 Å². The van der Waals surface area contributed by atoms with Crippen molar-refractivity contribution in [3.63, 3.8) is 0 Å². The van der Waals surface area contributed by atoms with Gasteiger partial charge < -0.3 is 15.0 Å². The van der Waals surface area contributed by atoms with Crippen LogP contribution in [0.25, 0.3) is 0 Å². The zero-order valence-corrected chi connectivity index (χ0v) is 15.4. The van der Waals surface area contributed by atoms with E-state index in [0.29, 0.717) is 31.5 Å². The molecule has 0 bridgehead atoms. The smallest absolute Gasteiger partial charge is 0.307 e. The minimum Gasteiger partial charge on any atom is -0.469 e. The van der Waals surface area contributed by atoms with E-state index in [9.17, 15) is 18.8 Å². The molecule has 2 amide bonds. The molecule has 1 unspecified atom stereocenters. The first-order chi connectivity index (χ1) is 13.0. The second-order valence-electron chi connectivity index (χ2n) is 7.27. The second-order valence-corrected chi connectivity index (χ2v) is 7.27. The molecule has 1 aromatic carbocycles. The molecule has 1 aromatic rings. The first kappa shape index (κ1) is 19.3. The number of piperidine rings is 1. The summed E-state index contributed by atoms with van der Waals surface area (Å²) in [5.74, 6) is -0.772. The Labute approximate surface area is 158 Å². The highest BCUT2D eigenvalue weighted by Crippen LogP contribution is 2.32. The molecular weight excluding hydrogens is 351 g/mol. The minimum absolute atomic E-state index is 0.0209. The third kappa shape index (κ3) is 5.05. The molecule has 146 valence electrons. The van der Waals surface area contributed by atoms with Gasteiger partial charge in [-0.25, -0.2) is 4.39 Å². The number of nitrogens with zero attached hydrogens (tertiary/aromatic N) is 1. The normalized spacial score (nSPS) is 18.7. The van der Waals surface area contributed by atoms with Crippen molar-refractivity contribution in [2.24, 2.45) is 11.8 Å². The number of hydrogen-bond donors (Lipinski definition) is 1. The summed E-state index contributed by atoms with van der Waals surface area (Å²) in [5.41, 5.74) is 0.650. The Morgan fingerprint density at radius 1 is 1.11 bits per heavy atom. The molecule has 2 aliphatic rings. The van der Waals surface area contributed by atoms with Crippen LogP contribution >= 0.6 is 0 Å². The van der Waals surface area contributed by atoms with Crippen molar-refractivity contribution in [3.05, 3.63) is 35.6 Å². The molecule has 2 fully saturated rings. The Kier molecular flexibility index (Phi) is 6.08. The van der Waals surface area contributed by atoms with Gasteiger partial charge >= 0.3 is 5.97 Å². The number of rotatable bonds is 6. The second kappa shape index (κ2) is 8.50. The van der Waals surface area contributed by atoms with E-state index in [0.717, 1.165) is 12.8 Å². The van der Waals surface area contributed by atoms with Gasteiger partial charge in [-0.05, 0) is 43.4 Å². The minimum atomic E-state index is -0.573. The molecule has 7 heteroatoms. The van der Waals surface area contributed by atoms with Crippen LogP contribution in [0.5, 0.6) is 0 Å². The van der Waals surface area contributed by atoms with Crippen molar-refractivity contribution in [1.82, 2.24) is 10.2 Å². The molecule has 0 aromatic heterocycles. The van der Waals surface area contributed by atoms with E-state index in [-0.39, 0.29) is 35.9 Å². The van der Waals surface area contributed by atoms with E-state index >= 15 is 0 Å². The number of halogens is 1. The lowest BCUT2D eigenvalue weighted by Crippen LogP contribution is -2.44. The van der Waals surface area contributed by atoms with E-state index in [1.807, 2.05) is 4.90 Å². The van der Waals surface area contributed by atoms with Gasteiger partial charge in [0.05, 0.1) is 19.6 Å². The number of carbonyl (C=O) groups excluding carboxylic acids is 3. The van der Waals surface area contributed by atoms with Gasteiger partial charge in [0, 0.05) is 24.9 Å². The zero-order valence-electron chi connectivity index (χ0n) is 15.4. The molecular formula is C20H25FN2O4. The molecule has 27 heavy (non-hydrogen) atoms. The van der Waals surface area contributed by atoms with Gasteiger partial charge in [0.25, 0.3) is 0 Å². The third-order valence-electron chi connectivity index (χ3n) is 5.29. The number of ether oxygens (including phenoxy) is 1. The van der Waals surface area contributed by atoms with Crippen LogP contribution in [0.15, 0.2) is 24.3 Å². The first-order valence-corrected chi connectivity index (χ1v) is 9.39. The van der Waals surface area contributed by atoms with E-state index in [1.54, 1.807) is 12.1 Å². The van der Waals surface area contributed by atoms with E-state index < -0.39 is 12.0 Å². The molecule has 0 radical (unpaired) electrons. The average molecular weight is 376 g/mol. The number of methoxy groups -OCH3 is 1. The zero-order chi connectivity index (χ0) is 19.4. The van der Waals surface area contributed by atoms with Crippen molar-refractivity contribution in [3.8, 4) is 0 Å². The summed E-state index contributed by atoms with van der Waals surface area (Å²) in [6.45, 7) is 1.18. The maximum absolute atomic E-state index is 13.2. The fourth-order valence-corrected chi connectivity index (χ4v) is 3.44. The molecule has 1 aliphatic carbocycles. The quantitative estimate of drug-likeness (QED) is 0.773. The van der Waals surface area contributed by atoms with Crippen LogP contribution in [0, 0.1) is 17.7 Å². The monoisotopic (exact) mass is 376 g/mol. The molecule has 1 saturated carbocycles. The SMILES string of the molecule is COC(=O)CC(NC(=O)C1CCN(C(=O)C2CC2)CC1)c1ccc(F)cc1. The van der Waals surface area contributed by atoms with E-state index in [1.165, 1.54) is 19.2 Å². The summed E-state index contributed by atoms with van der Waals surface area (Å²) in [6.07, 6.45) is 3.16. The van der Waals surface area contributed by atoms with Gasteiger partial charge in [0.1, 0.15) is 5.82 Å².